The molecule has 0 bridgehead atoms. The van der Waals surface area contributed by atoms with Gasteiger partial charge in [0.25, 0.3) is 0 Å². The van der Waals surface area contributed by atoms with Gasteiger partial charge in [-0.3, -0.25) is 0 Å². The summed E-state index contributed by atoms with van der Waals surface area (Å²) in [5, 5.41) is 3.21. The van der Waals surface area contributed by atoms with E-state index in [1.807, 2.05) is 12.1 Å². The molecule has 4 heteroatoms. The SMILES string of the molecule is CC(C)c1ccc(Nc2ccc(F)cc2C(N)=S)cc1. The van der Waals surface area contributed by atoms with Crippen molar-refractivity contribution in [2.45, 2.75) is 19.8 Å². The van der Waals surface area contributed by atoms with Crippen molar-refractivity contribution < 1.29 is 4.39 Å². The summed E-state index contributed by atoms with van der Waals surface area (Å²) in [5.41, 5.74) is 9.02. The van der Waals surface area contributed by atoms with E-state index in [1.54, 1.807) is 6.07 Å². The van der Waals surface area contributed by atoms with Gasteiger partial charge in [-0.25, -0.2) is 4.39 Å². The number of nitrogens with two attached hydrogens (primary N) is 1. The normalized spacial score (nSPS) is 10.6. The van der Waals surface area contributed by atoms with Gasteiger partial charge in [0.05, 0.1) is 0 Å². The Labute approximate surface area is 123 Å². The molecule has 0 aliphatic heterocycles. The van der Waals surface area contributed by atoms with Crippen molar-refractivity contribution in [1.29, 1.82) is 0 Å². The minimum Gasteiger partial charge on any atom is -0.389 e. The Hall–Kier alpha value is -1.94. The lowest BCUT2D eigenvalue weighted by molar-refractivity contribution is 0.628. The smallest absolute Gasteiger partial charge is 0.124 e. The molecular formula is C16H17FN2S. The Morgan fingerprint density at radius 3 is 2.35 bits per heavy atom. The van der Waals surface area contributed by atoms with Gasteiger partial charge < -0.3 is 11.1 Å². The van der Waals surface area contributed by atoms with Gasteiger partial charge in [0, 0.05) is 16.9 Å². The van der Waals surface area contributed by atoms with Gasteiger partial charge in [-0.05, 0) is 41.8 Å². The molecule has 0 spiro atoms. The lowest BCUT2D eigenvalue weighted by Crippen LogP contribution is -2.12. The van der Waals surface area contributed by atoms with Crippen LogP contribution in [-0.2, 0) is 0 Å². The number of rotatable bonds is 4. The van der Waals surface area contributed by atoms with E-state index >= 15 is 0 Å². The fraction of sp³-hybridized carbons (Fsp3) is 0.188. The van der Waals surface area contributed by atoms with Crippen LogP contribution in [0.2, 0.25) is 0 Å². The molecule has 0 saturated heterocycles. The summed E-state index contributed by atoms with van der Waals surface area (Å²) in [4.78, 5) is 0.172. The average molecular weight is 288 g/mol. The molecular weight excluding hydrogens is 271 g/mol. The first-order chi connectivity index (χ1) is 9.47. The molecule has 2 nitrogen and oxygen atoms in total. The van der Waals surface area contributed by atoms with Crippen LogP contribution in [0.25, 0.3) is 0 Å². The molecule has 2 rings (SSSR count). The fourth-order valence-corrected chi connectivity index (χ4v) is 2.11. The van der Waals surface area contributed by atoms with Crippen molar-refractivity contribution in [2.75, 3.05) is 5.32 Å². The zero-order chi connectivity index (χ0) is 14.7. The first-order valence-corrected chi connectivity index (χ1v) is 6.84. The quantitative estimate of drug-likeness (QED) is 0.823. The summed E-state index contributed by atoms with van der Waals surface area (Å²) in [6, 6.07) is 12.5. The molecule has 2 aromatic carbocycles. The first-order valence-electron chi connectivity index (χ1n) is 6.43. The number of hydrogen-bond donors (Lipinski definition) is 2. The Balaban J connectivity index is 2.28. The maximum atomic E-state index is 13.2. The fourth-order valence-electron chi connectivity index (χ4n) is 1.94. The lowest BCUT2D eigenvalue weighted by Gasteiger charge is -2.12. The largest absolute Gasteiger partial charge is 0.389 e. The molecule has 0 unspecified atom stereocenters. The first kappa shape index (κ1) is 14.5. The molecule has 0 aliphatic rings. The average Bonchev–Trinajstić information content (AvgIpc) is 2.41. The van der Waals surface area contributed by atoms with Gasteiger partial charge in [-0.15, -0.1) is 0 Å². The van der Waals surface area contributed by atoms with Gasteiger partial charge in [0.2, 0.25) is 0 Å². The van der Waals surface area contributed by atoms with E-state index in [9.17, 15) is 4.39 Å². The number of thiocarbonyl (C=S) groups is 1. The third-order valence-corrected chi connectivity index (χ3v) is 3.32. The molecule has 0 radical (unpaired) electrons. The minimum atomic E-state index is -0.353. The van der Waals surface area contributed by atoms with Crippen LogP contribution in [0.5, 0.6) is 0 Å². The number of hydrogen-bond acceptors (Lipinski definition) is 2. The van der Waals surface area contributed by atoms with E-state index in [-0.39, 0.29) is 10.8 Å². The van der Waals surface area contributed by atoms with E-state index in [1.165, 1.54) is 17.7 Å². The van der Waals surface area contributed by atoms with Gasteiger partial charge in [0.1, 0.15) is 10.8 Å². The van der Waals surface area contributed by atoms with Crippen molar-refractivity contribution in [2.24, 2.45) is 5.73 Å². The highest BCUT2D eigenvalue weighted by Crippen LogP contribution is 2.23. The number of nitrogens with one attached hydrogen (secondary N) is 1. The second kappa shape index (κ2) is 6.01. The van der Waals surface area contributed by atoms with Crippen LogP contribution in [0.3, 0.4) is 0 Å². The monoisotopic (exact) mass is 288 g/mol. The topological polar surface area (TPSA) is 38.0 Å². The van der Waals surface area contributed by atoms with E-state index in [4.69, 9.17) is 18.0 Å². The molecule has 0 atom stereocenters. The highest BCUT2D eigenvalue weighted by Gasteiger charge is 2.07. The van der Waals surface area contributed by atoms with E-state index < -0.39 is 0 Å². The summed E-state index contributed by atoms with van der Waals surface area (Å²) < 4.78 is 13.2. The van der Waals surface area contributed by atoms with Crippen LogP contribution >= 0.6 is 12.2 Å². The second-order valence-electron chi connectivity index (χ2n) is 4.96. The van der Waals surface area contributed by atoms with Crippen molar-refractivity contribution in [3.05, 3.63) is 59.4 Å². The maximum absolute atomic E-state index is 13.2. The summed E-state index contributed by atoms with van der Waals surface area (Å²) in [7, 11) is 0. The second-order valence-corrected chi connectivity index (χ2v) is 5.40. The van der Waals surface area contributed by atoms with Gasteiger partial charge in [-0.2, -0.15) is 0 Å². The van der Waals surface area contributed by atoms with Crippen LogP contribution in [0.1, 0.15) is 30.9 Å². The van der Waals surface area contributed by atoms with Crippen LogP contribution in [-0.4, -0.2) is 4.99 Å². The Morgan fingerprint density at radius 2 is 1.80 bits per heavy atom. The molecule has 0 saturated carbocycles. The minimum absolute atomic E-state index is 0.172. The molecule has 0 fully saturated rings. The Morgan fingerprint density at radius 1 is 1.15 bits per heavy atom. The van der Waals surface area contributed by atoms with E-state index in [2.05, 4.69) is 31.3 Å². The lowest BCUT2D eigenvalue weighted by atomic mass is 10.0. The van der Waals surface area contributed by atoms with Crippen molar-refractivity contribution in [3.63, 3.8) is 0 Å². The molecule has 0 amide bonds. The molecule has 0 heterocycles. The Bertz CT molecular complexity index is 621. The number of benzene rings is 2. The van der Waals surface area contributed by atoms with Crippen LogP contribution in [0.4, 0.5) is 15.8 Å². The number of anilines is 2. The molecule has 104 valence electrons. The van der Waals surface area contributed by atoms with Crippen LogP contribution in [0.15, 0.2) is 42.5 Å². The predicted molar refractivity (Wildman–Crippen MR) is 86.1 cm³/mol. The Kier molecular flexibility index (Phi) is 4.35. The summed E-state index contributed by atoms with van der Waals surface area (Å²) >= 11 is 4.95. The van der Waals surface area contributed by atoms with Crippen LogP contribution in [0, 0.1) is 5.82 Å². The summed E-state index contributed by atoms with van der Waals surface area (Å²) in [6.45, 7) is 4.29. The number of halogens is 1. The highest BCUT2D eigenvalue weighted by atomic mass is 32.1. The van der Waals surface area contributed by atoms with E-state index in [0.29, 0.717) is 17.2 Å². The summed E-state index contributed by atoms with van der Waals surface area (Å²) in [5.74, 6) is 0.135. The third-order valence-electron chi connectivity index (χ3n) is 3.10. The molecule has 0 aromatic heterocycles. The standard InChI is InChI=1S/C16H17FN2S/c1-10(2)11-3-6-13(7-4-11)19-15-8-5-12(17)9-14(15)16(18)20/h3-10,19H,1-2H3,(H2,18,20). The third kappa shape index (κ3) is 3.33. The van der Waals surface area contributed by atoms with Gasteiger partial charge in [-0.1, -0.05) is 38.2 Å². The molecule has 3 N–H and O–H groups in total. The van der Waals surface area contributed by atoms with E-state index in [0.717, 1.165) is 5.69 Å². The van der Waals surface area contributed by atoms with Crippen molar-refractivity contribution in [3.8, 4) is 0 Å². The molecule has 2 aromatic rings. The van der Waals surface area contributed by atoms with Gasteiger partial charge in [0.15, 0.2) is 0 Å². The molecule has 0 aliphatic carbocycles. The highest BCUT2D eigenvalue weighted by molar-refractivity contribution is 7.80. The zero-order valence-corrected chi connectivity index (χ0v) is 12.3. The van der Waals surface area contributed by atoms with Crippen LogP contribution < -0.4 is 11.1 Å². The summed E-state index contributed by atoms with van der Waals surface area (Å²) in [6.07, 6.45) is 0. The van der Waals surface area contributed by atoms with Crippen molar-refractivity contribution in [1.82, 2.24) is 0 Å². The predicted octanol–water partition coefficient (Wildman–Crippen LogP) is 4.33. The van der Waals surface area contributed by atoms with Crippen molar-refractivity contribution >= 4 is 28.6 Å². The molecule has 20 heavy (non-hydrogen) atoms. The van der Waals surface area contributed by atoms with Gasteiger partial charge >= 0.3 is 0 Å². The maximum Gasteiger partial charge on any atom is 0.124 e. The zero-order valence-electron chi connectivity index (χ0n) is 11.5.